The lowest BCUT2D eigenvalue weighted by molar-refractivity contribution is -0.125. The SMILES string of the molecule is CNC(=O)[C@H]1CCCN1Cc1ccc(OC(F)F)c(Cl)c1. The summed E-state index contributed by atoms with van der Waals surface area (Å²) in [6.45, 7) is -1.53. The van der Waals surface area contributed by atoms with E-state index < -0.39 is 6.61 Å². The summed E-state index contributed by atoms with van der Waals surface area (Å²) >= 11 is 5.93. The number of carbonyl (C=O) groups is 1. The molecule has 0 spiro atoms. The second-order valence-electron chi connectivity index (χ2n) is 4.89. The van der Waals surface area contributed by atoms with Crippen molar-refractivity contribution >= 4 is 17.5 Å². The van der Waals surface area contributed by atoms with Crippen LogP contribution in [0, 0.1) is 0 Å². The summed E-state index contributed by atoms with van der Waals surface area (Å²) in [5.41, 5.74) is 0.859. The molecule has 4 nitrogen and oxygen atoms in total. The third kappa shape index (κ3) is 4.04. The Hall–Kier alpha value is -1.40. The molecule has 116 valence electrons. The van der Waals surface area contributed by atoms with Crippen molar-refractivity contribution in [2.24, 2.45) is 0 Å². The van der Waals surface area contributed by atoms with Crippen LogP contribution in [0.2, 0.25) is 5.02 Å². The second-order valence-corrected chi connectivity index (χ2v) is 5.29. The van der Waals surface area contributed by atoms with Gasteiger partial charge < -0.3 is 10.1 Å². The van der Waals surface area contributed by atoms with Crippen LogP contribution < -0.4 is 10.1 Å². The number of likely N-dealkylation sites (tertiary alicyclic amines) is 1. The lowest BCUT2D eigenvalue weighted by Crippen LogP contribution is -2.41. The molecule has 0 saturated carbocycles. The summed E-state index contributed by atoms with van der Waals surface area (Å²) in [7, 11) is 1.62. The first-order valence-corrected chi connectivity index (χ1v) is 7.08. The summed E-state index contributed by atoms with van der Waals surface area (Å²) in [6.07, 6.45) is 1.78. The Morgan fingerprint density at radius 2 is 2.33 bits per heavy atom. The van der Waals surface area contributed by atoms with Crippen LogP contribution in [0.5, 0.6) is 5.75 Å². The predicted molar refractivity (Wildman–Crippen MR) is 75.6 cm³/mol. The molecular weight excluding hydrogens is 302 g/mol. The molecule has 1 aliphatic rings. The minimum Gasteiger partial charge on any atom is -0.433 e. The maximum Gasteiger partial charge on any atom is 0.387 e. The number of rotatable bonds is 5. The third-order valence-corrected chi connectivity index (χ3v) is 3.81. The quantitative estimate of drug-likeness (QED) is 0.907. The Morgan fingerprint density at radius 3 is 2.95 bits per heavy atom. The number of nitrogens with one attached hydrogen (secondary N) is 1. The van der Waals surface area contributed by atoms with Gasteiger partial charge in [0.25, 0.3) is 0 Å². The van der Waals surface area contributed by atoms with E-state index in [1.807, 2.05) is 0 Å². The monoisotopic (exact) mass is 318 g/mol. The number of alkyl halides is 2. The Bertz CT molecular complexity index is 514. The van der Waals surface area contributed by atoms with Gasteiger partial charge in [0, 0.05) is 13.6 Å². The van der Waals surface area contributed by atoms with Gasteiger partial charge in [-0.2, -0.15) is 8.78 Å². The van der Waals surface area contributed by atoms with Crippen LogP contribution in [0.25, 0.3) is 0 Å². The average molecular weight is 319 g/mol. The Morgan fingerprint density at radius 1 is 1.57 bits per heavy atom. The van der Waals surface area contributed by atoms with Gasteiger partial charge in [0.05, 0.1) is 11.1 Å². The number of hydrogen-bond acceptors (Lipinski definition) is 3. The van der Waals surface area contributed by atoms with Crippen molar-refractivity contribution in [1.29, 1.82) is 0 Å². The van der Waals surface area contributed by atoms with E-state index >= 15 is 0 Å². The van der Waals surface area contributed by atoms with E-state index in [-0.39, 0.29) is 22.7 Å². The van der Waals surface area contributed by atoms with Crippen LogP contribution in [0.3, 0.4) is 0 Å². The third-order valence-electron chi connectivity index (χ3n) is 3.51. The fourth-order valence-electron chi connectivity index (χ4n) is 2.55. The van der Waals surface area contributed by atoms with Crippen molar-refractivity contribution in [2.75, 3.05) is 13.6 Å². The molecule has 21 heavy (non-hydrogen) atoms. The molecule has 1 heterocycles. The van der Waals surface area contributed by atoms with E-state index in [0.29, 0.717) is 6.54 Å². The molecule has 1 saturated heterocycles. The molecule has 7 heteroatoms. The lowest BCUT2D eigenvalue weighted by Gasteiger charge is -2.23. The van der Waals surface area contributed by atoms with Crippen molar-refractivity contribution in [3.05, 3.63) is 28.8 Å². The lowest BCUT2D eigenvalue weighted by atomic mass is 10.1. The van der Waals surface area contributed by atoms with Gasteiger partial charge in [-0.05, 0) is 37.1 Å². The molecular formula is C14H17ClF2N2O2. The summed E-state index contributed by atoms with van der Waals surface area (Å²) in [5, 5.41) is 2.80. The zero-order valence-electron chi connectivity index (χ0n) is 11.6. The summed E-state index contributed by atoms with van der Waals surface area (Å²) in [4.78, 5) is 13.8. The maximum atomic E-state index is 12.2. The highest BCUT2D eigenvalue weighted by Crippen LogP contribution is 2.28. The number of likely N-dealkylation sites (N-methyl/N-ethyl adjacent to an activating group) is 1. The van der Waals surface area contributed by atoms with Crippen LogP contribution in [0.4, 0.5) is 8.78 Å². The standard InChI is InChI=1S/C14H17ClF2N2O2/c1-18-13(20)11-3-2-6-19(11)8-9-4-5-12(10(15)7-9)21-14(16)17/h4-5,7,11,14H,2-3,6,8H2,1H3,(H,18,20)/t11-/m1/s1. The van der Waals surface area contributed by atoms with Crippen LogP contribution in [-0.2, 0) is 11.3 Å². The molecule has 1 aliphatic heterocycles. The smallest absolute Gasteiger partial charge is 0.387 e. The van der Waals surface area contributed by atoms with Gasteiger partial charge >= 0.3 is 6.61 Å². The van der Waals surface area contributed by atoms with Gasteiger partial charge in [0.1, 0.15) is 5.75 Å². The average Bonchev–Trinajstić information content (AvgIpc) is 2.89. The topological polar surface area (TPSA) is 41.6 Å². The fourth-order valence-corrected chi connectivity index (χ4v) is 2.80. The van der Waals surface area contributed by atoms with Crippen LogP contribution >= 0.6 is 11.6 Å². The number of hydrogen-bond donors (Lipinski definition) is 1. The largest absolute Gasteiger partial charge is 0.433 e. The first kappa shape index (κ1) is 16.0. The molecule has 1 aromatic rings. The molecule has 0 unspecified atom stereocenters. The Labute approximate surface area is 127 Å². The van der Waals surface area contributed by atoms with Gasteiger partial charge in [0.2, 0.25) is 5.91 Å². The summed E-state index contributed by atoms with van der Waals surface area (Å²) < 4.78 is 28.7. The van der Waals surface area contributed by atoms with Crippen LogP contribution in [0.15, 0.2) is 18.2 Å². The zero-order chi connectivity index (χ0) is 15.4. The molecule has 1 aromatic carbocycles. The van der Waals surface area contributed by atoms with Gasteiger partial charge in [-0.1, -0.05) is 17.7 Å². The van der Waals surface area contributed by atoms with E-state index in [1.165, 1.54) is 6.07 Å². The predicted octanol–water partition coefficient (Wildman–Crippen LogP) is 2.65. The number of halogens is 3. The normalized spacial score (nSPS) is 19.0. The fraction of sp³-hybridized carbons (Fsp3) is 0.500. The van der Waals surface area contributed by atoms with E-state index in [4.69, 9.17) is 11.6 Å². The van der Waals surface area contributed by atoms with Crippen molar-refractivity contribution in [2.45, 2.75) is 32.0 Å². The molecule has 0 bridgehead atoms. The van der Waals surface area contributed by atoms with Crippen molar-refractivity contribution < 1.29 is 18.3 Å². The highest BCUT2D eigenvalue weighted by atomic mass is 35.5. The maximum absolute atomic E-state index is 12.2. The van der Waals surface area contributed by atoms with E-state index in [1.54, 1.807) is 19.2 Å². The number of benzene rings is 1. The Balaban J connectivity index is 2.06. The van der Waals surface area contributed by atoms with Crippen molar-refractivity contribution in [3.8, 4) is 5.75 Å². The van der Waals surface area contributed by atoms with Crippen LogP contribution in [0.1, 0.15) is 18.4 Å². The number of nitrogens with zero attached hydrogens (tertiary/aromatic N) is 1. The molecule has 0 aromatic heterocycles. The molecule has 1 N–H and O–H groups in total. The second kappa shape index (κ2) is 7.04. The highest BCUT2D eigenvalue weighted by Gasteiger charge is 2.29. The molecule has 0 aliphatic carbocycles. The number of amides is 1. The van der Waals surface area contributed by atoms with E-state index in [0.717, 1.165) is 24.9 Å². The highest BCUT2D eigenvalue weighted by molar-refractivity contribution is 6.32. The molecule has 0 radical (unpaired) electrons. The van der Waals surface area contributed by atoms with Crippen molar-refractivity contribution in [3.63, 3.8) is 0 Å². The van der Waals surface area contributed by atoms with Crippen molar-refractivity contribution in [1.82, 2.24) is 10.2 Å². The molecule has 1 fully saturated rings. The molecule has 1 amide bonds. The molecule has 1 atom stereocenters. The number of ether oxygens (including phenoxy) is 1. The van der Waals surface area contributed by atoms with Gasteiger partial charge in [-0.3, -0.25) is 9.69 Å². The van der Waals surface area contributed by atoms with Crippen LogP contribution in [-0.4, -0.2) is 37.1 Å². The van der Waals surface area contributed by atoms with Gasteiger partial charge in [-0.25, -0.2) is 0 Å². The summed E-state index contributed by atoms with van der Waals surface area (Å²) in [6, 6.07) is 4.56. The molecule has 2 rings (SSSR count). The zero-order valence-corrected chi connectivity index (χ0v) is 12.4. The minimum atomic E-state index is -2.90. The van der Waals surface area contributed by atoms with E-state index in [2.05, 4.69) is 15.0 Å². The van der Waals surface area contributed by atoms with Gasteiger partial charge in [0.15, 0.2) is 0 Å². The van der Waals surface area contributed by atoms with E-state index in [9.17, 15) is 13.6 Å². The number of carbonyl (C=O) groups excluding carboxylic acids is 1. The summed E-state index contributed by atoms with van der Waals surface area (Å²) in [5.74, 6) is -0.0454. The minimum absolute atomic E-state index is 0.00347. The first-order chi connectivity index (χ1) is 10.0. The first-order valence-electron chi connectivity index (χ1n) is 6.70. The van der Waals surface area contributed by atoms with Gasteiger partial charge in [-0.15, -0.1) is 0 Å². The Kier molecular flexibility index (Phi) is 5.36.